The molecule has 0 saturated carbocycles. The summed E-state index contributed by atoms with van der Waals surface area (Å²) in [6.45, 7) is 8.07. The van der Waals surface area contributed by atoms with E-state index in [0.717, 1.165) is 13.1 Å². The van der Waals surface area contributed by atoms with Crippen molar-refractivity contribution in [1.29, 1.82) is 0 Å². The Morgan fingerprint density at radius 3 is 1.39 bits per heavy atom. The van der Waals surface area contributed by atoms with Gasteiger partial charge in [0, 0.05) is 70.9 Å². The molecule has 2 aliphatic heterocycles. The molecule has 2 atom stereocenters. The largest absolute Gasteiger partial charge is 0.481 e. The van der Waals surface area contributed by atoms with Gasteiger partial charge < -0.3 is 25.1 Å². The first-order valence-electron chi connectivity index (χ1n) is 9.70. The van der Waals surface area contributed by atoms with E-state index < -0.39 is 23.3 Å². The number of carbonyl (C=O) groups is 3. The van der Waals surface area contributed by atoms with Crippen molar-refractivity contribution in [2.45, 2.75) is 13.3 Å². The van der Waals surface area contributed by atoms with Crippen LogP contribution in [0.2, 0.25) is 0 Å². The maximum Gasteiger partial charge on any atom is 0.317 e. The molecule has 0 aromatic rings. The standard InChI is InChI=1S/C18H32N4O6/c1-18(10-15(23)24)13-21-6-4-19(11-16(25)26)2-3-20(12-17(27)28)5-7-22(14-18)9-8-21/h2-14H2,1H3,(H,23,24)(H,25,26)(H,27,28). The van der Waals surface area contributed by atoms with Crippen molar-refractivity contribution in [2.75, 3.05) is 78.5 Å². The zero-order valence-electron chi connectivity index (χ0n) is 16.5. The van der Waals surface area contributed by atoms with Crippen LogP contribution in [0.5, 0.6) is 0 Å². The third-order valence-electron chi connectivity index (χ3n) is 5.44. The van der Waals surface area contributed by atoms with Crippen LogP contribution in [0.25, 0.3) is 0 Å². The van der Waals surface area contributed by atoms with Gasteiger partial charge in [-0.15, -0.1) is 0 Å². The lowest BCUT2D eigenvalue weighted by atomic mass is 9.85. The summed E-state index contributed by atoms with van der Waals surface area (Å²) in [5.41, 5.74) is -0.411. The molecule has 2 aliphatic rings. The van der Waals surface area contributed by atoms with E-state index >= 15 is 0 Å². The lowest BCUT2D eigenvalue weighted by molar-refractivity contribution is -0.140. The number of fused-ring (bicyclic) bond motifs is 3. The Kier molecular flexibility index (Phi) is 8.17. The van der Waals surface area contributed by atoms with Gasteiger partial charge >= 0.3 is 17.9 Å². The van der Waals surface area contributed by atoms with E-state index in [1.54, 1.807) is 0 Å². The van der Waals surface area contributed by atoms with Crippen molar-refractivity contribution >= 4 is 17.9 Å². The van der Waals surface area contributed by atoms with Crippen LogP contribution >= 0.6 is 0 Å². The summed E-state index contributed by atoms with van der Waals surface area (Å²) in [5.74, 6) is -2.64. The third-order valence-corrected chi connectivity index (χ3v) is 5.44. The predicted octanol–water partition coefficient (Wildman–Crippen LogP) is -1.13. The van der Waals surface area contributed by atoms with Gasteiger partial charge in [0.2, 0.25) is 0 Å². The number of carboxylic acids is 3. The average Bonchev–Trinajstić information content (AvgIpc) is 2.70. The van der Waals surface area contributed by atoms with E-state index in [2.05, 4.69) is 9.80 Å². The highest BCUT2D eigenvalue weighted by atomic mass is 16.4. The quantitative estimate of drug-likeness (QED) is 0.504. The first-order chi connectivity index (χ1) is 13.1. The molecule has 2 bridgehead atoms. The van der Waals surface area contributed by atoms with Crippen LogP contribution < -0.4 is 0 Å². The first kappa shape index (κ1) is 22.5. The van der Waals surface area contributed by atoms with Gasteiger partial charge in [-0.1, -0.05) is 6.92 Å². The Balaban J connectivity index is 2.18. The van der Waals surface area contributed by atoms with Crippen molar-refractivity contribution in [3.05, 3.63) is 0 Å². The van der Waals surface area contributed by atoms with Gasteiger partial charge in [0.15, 0.2) is 0 Å². The SMILES string of the molecule is CC1(CC(=O)O)CN2CCN(CC(=O)O)CCN(CC(=O)O)CCN(CC2)C1. The maximum atomic E-state index is 11.4. The van der Waals surface area contributed by atoms with E-state index in [-0.39, 0.29) is 19.5 Å². The fraction of sp³-hybridized carbons (Fsp3) is 0.833. The highest BCUT2D eigenvalue weighted by Gasteiger charge is 2.35. The average molecular weight is 400 g/mol. The molecule has 10 nitrogen and oxygen atoms in total. The predicted molar refractivity (Wildman–Crippen MR) is 101 cm³/mol. The van der Waals surface area contributed by atoms with Crippen LogP contribution in [0, 0.1) is 5.41 Å². The number of hydrogen-bond acceptors (Lipinski definition) is 7. The number of hydrogen-bond donors (Lipinski definition) is 3. The molecule has 2 saturated heterocycles. The molecule has 3 N–H and O–H groups in total. The summed E-state index contributed by atoms with van der Waals surface area (Å²) in [7, 11) is 0. The highest BCUT2D eigenvalue weighted by molar-refractivity contribution is 5.69. The van der Waals surface area contributed by atoms with E-state index in [4.69, 9.17) is 0 Å². The molecule has 2 fully saturated rings. The Morgan fingerprint density at radius 1 is 0.679 bits per heavy atom. The van der Waals surface area contributed by atoms with E-state index in [9.17, 15) is 29.7 Å². The van der Waals surface area contributed by atoms with E-state index in [1.807, 2.05) is 16.7 Å². The number of nitrogens with zero attached hydrogens (tertiary/aromatic N) is 4. The van der Waals surface area contributed by atoms with Crippen LogP contribution in [0.4, 0.5) is 0 Å². The van der Waals surface area contributed by atoms with E-state index in [0.29, 0.717) is 52.4 Å². The molecule has 2 unspecified atom stereocenters. The Labute approximate surface area is 165 Å². The van der Waals surface area contributed by atoms with Gasteiger partial charge in [-0.2, -0.15) is 0 Å². The molecule has 0 spiro atoms. The molecule has 2 heterocycles. The van der Waals surface area contributed by atoms with Crippen LogP contribution in [0.3, 0.4) is 0 Å². The van der Waals surface area contributed by atoms with Crippen LogP contribution in [0.15, 0.2) is 0 Å². The minimum Gasteiger partial charge on any atom is -0.481 e. The Hall–Kier alpha value is -1.75. The monoisotopic (exact) mass is 400 g/mol. The zero-order chi connectivity index (χ0) is 20.7. The number of aliphatic carboxylic acids is 3. The van der Waals surface area contributed by atoms with Gasteiger partial charge in [-0.05, 0) is 0 Å². The molecule has 0 radical (unpaired) electrons. The highest BCUT2D eigenvalue weighted by Crippen LogP contribution is 2.27. The minimum atomic E-state index is -0.908. The van der Waals surface area contributed by atoms with Gasteiger partial charge in [-0.25, -0.2) is 0 Å². The molecule has 160 valence electrons. The van der Waals surface area contributed by atoms with Gasteiger partial charge in [0.1, 0.15) is 0 Å². The molecular formula is C18H32N4O6. The molecular weight excluding hydrogens is 368 g/mol. The zero-order valence-corrected chi connectivity index (χ0v) is 16.5. The second-order valence-electron chi connectivity index (χ2n) is 8.27. The summed E-state index contributed by atoms with van der Waals surface area (Å²) in [6.07, 6.45) is 0.0671. The molecule has 0 aromatic carbocycles. The van der Waals surface area contributed by atoms with Crippen molar-refractivity contribution in [3.63, 3.8) is 0 Å². The lowest BCUT2D eigenvalue weighted by Crippen LogP contribution is -2.46. The van der Waals surface area contributed by atoms with Crippen molar-refractivity contribution in [1.82, 2.24) is 19.6 Å². The Bertz CT molecular complexity index is 534. The number of rotatable bonds is 6. The summed E-state index contributed by atoms with van der Waals surface area (Å²) in [4.78, 5) is 41.9. The van der Waals surface area contributed by atoms with Gasteiger partial charge in [0.05, 0.1) is 19.5 Å². The van der Waals surface area contributed by atoms with Crippen molar-refractivity contribution < 1.29 is 29.7 Å². The molecule has 0 amide bonds. The van der Waals surface area contributed by atoms with Crippen LogP contribution in [-0.2, 0) is 14.4 Å². The van der Waals surface area contributed by atoms with Crippen molar-refractivity contribution in [2.24, 2.45) is 5.41 Å². The Morgan fingerprint density at radius 2 is 1.04 bits per heavy atom. The second kappa shape index (κ2) is 10.1. The number of carboxylic acid groups (broad SMARTS) is 3. The smallest absolute Gasteiger partial charge is 0.317 e. The summed E-state index contributed by atoms with van der Waals surface area (Å²) in [5, 5.41) is 27.7. The molecule has 0 aromatic heterocycles. The normalized spacial score (nSPS) is 30.8. The summed E-state index contributed by atoms with van der Waals surface area (Å²) >= 11 is 0. The van der Waals surface area contributed by atoms with Gasteiger partial charge in [0.25, 0.3) is 0 Å². The van der Waals surface area contributed by atoms with Crippen LogP contribution in [-0.4, -0.2) is 131 Å². The fourth-order valence-corrected chi connectivity index (χ4v) is 4.20. The maximum absolute atomic E-state index is 11.4. The van der Waals surface area contributed by atoms with Gasteiger partial charge in [-0.3, -0.25) is 24.2 Å². The summed E-state index contributed by atoms with van der Waals surface area (Å²) in [6, 6.07) is 0. The summed E-state index contributed by atoms with van der Waals surface area (Å²) < 4.78 is 0. The lowest BCUT2D eigenvalue weighted by Gasteiger charge is -2.33. The second-order valence-corrected chi connectivity index (χ2v) is 8.27. The fourth-order valence-electron chi connectivity index (χ4n) is 4.20. The molecule has 0 aliphatic carbocycles. The minimum absolute atomic E-state index is 0.0671. The van der Waals surface area contributed by atoms with Crippen molar-refractivity contribution in [3.8, 4) is 0 Å². The topological polar surface area (TPSA) is 125 Å². The van der Waals surface area contributed by atoms with E-state index in [1.165, 1.54) is 0 Å². The molecule has 28 heavy (non-hydrogen) atoms. The molecule has 10 heteroatoms. The first-order valence-corrected chi connectivity index (χ1v) is 9.70. The van der Waals surface area contributed by atoms with Crippen LogP contribution in [0.1, 0.15) is 13.3 Å². The third kappa shape index (κ3) is 7.70. The molecule has 2 rings (SSSR count).